The maximum atomic E-state index is 13.4. The fourth-order valence-corrected chi connectivity index (χ4v) is 3.65. The number of rotatable bonds is 10. The lowest BCUT2D eigenvalue weighted by Gasteiger charge is -2.31. The van der Waals surface area contributed by atoms with Crippen molar-refractivity contribution in [2.24, 2.45) is 0 Å². The van der Waals surface area contributed by atoms with Gasteiger partial charge in [-0.3, -0.25) is 9.59 Å². The van der Waals surface area contributed by atoms with Crippen LogP contribution in [0.5, 0.6) is 0 Å². The van der Waals surface area contributed by atoms with Gasteiger partial charge in [-0.05, 0) is 41.7 Å². The minimum absolute atomic E-state index is 0.108. The average molecular weight is 433 g/mol. The lowest BCUT2D eigenvalue weighted by atomic mass is 10.0. The van der Waals surface area contributed by atoms with Gasteiger partial charge in [-0.1, -0.05) is 79.7 Å². The molecule has 3 aromatic carbocycles. The van der Waals surface area contributed by atoms with Gasteiger partial charge in [0.25, 0.3) is 0 Å². The number of nitrogens with zero attached hydrogens (tertiary/aromatic N) is 1. The lowest BCUT2D eigenvalue weighted by Crippen LogP contribution is -2.43. The van der Waals surface area contributed by atoms with Crippen LogP contribution in [0.1, 0.15) is 42.5 Å². The minimum atomic E-state index is -0.768. The first-order valence-corrected chi connectivity index (χ1v) is 11.0. The zero-order valence-electron chi connectivity index (χ0n) is 18.3. The molecule has 0 saturated heterocycles. The van der Waals surface area contributed by atoms with Crippen molar-refractivity contribution in [2.45, 2.75) is 38.8 Å². The van der Waals surface area contributed by atoms with Crippen LogP contribution < -0.4 is 5.32 Å². The number of amides is 2. The molecular formula is C27H29FN2O2. The Morgan fingerprint density at radius 2 is 1.50 bits per heavy atom. The molecule has 0 aliphatic rings. The molecule has 3 aromatic rings. The SMILES string of the molecule is CCCC(=O)N(Cc1ccc(F)cc1)[C@H](C(=O)NCCc1ccccc1)c1ccccc1. The van der Waals surface area contributed by atoms with E-state index in [1.54, 1.807) is 17.0 Å². The first kappa shape index (κ1) is 23.2. The molecule has 3 rings (SSSR count). The number of halogens is 1. The zero-order valence-corrected chi connectivity index (χ0v) is 18.3. The van der Waals surface area contributed by atoms with E-state index >= 15 is 0 Å². The Balaban J connectivity index is 1.84. The zero-order chi connectivity index (χ0) is 22.8. The maximum Gasteiger partial charge on any atom is 0.247 e. The highest BCUT2D eigenvalue weighted by molar-refractivity contribution is 5.88. The normalized spacial score (nSPS) is 11.6. The second kappa shape index (κ2) is 11.8. The standard InChI is InChI=1S/C27H29FN2O2/c1-2-9-25(31)30(20-22-14-16-24(28)17-15-22)26(23-12-7-4-8-13-23)27(32)29-19-18-21-10-5-3-6-11-21/h3-8,10-17,26H,2,9,18-20H2,1H3,(H,29,32)/t26-/m0/s1. The van der Waals surface area contributed by atoms with Crippen LogP contribution in [-0.2, 0) is 22.6 Å². The first-order valence-electron chi connectivity index (χ1n) is 11.0. The fraction of sp³-hybridized carbons (Fsp3) is 0.259. The highest BCUT2D eigenvalue weighted by atomic mass is 19.1. The van der Waals surface area contributed by atoms with Gasteiger partial charge >= 0.3 is 0 Å². The monoisotopic (exact) mass is 432 g/mol. The molecule has 5 heteroatoms. The molecule has 0 saturated carbocycles. The van der Waals surface area contributed by atoms with Crippen molar-refractivity contribution < 1.29 is 14.0 Å². The molecule has 0 radical (unpaired) electrons. The Morgan fingerprint density at radius 1 is 0.875 bits per heavy atom. The van der Waals surface area contributed by atoms with Gasteiger partial charge in [-0.15, -0.1) is 0 Å². The minimum Gasteiger partial charge on any atom is -0.354 e. The highest BCUT2D eigenvalue weighted by Crippen LogP contribution is 2.25. The molecule has 1 atom stereocenters. The number of nitrogens with one attached hydrogen (secondary N) is 1. The fourth-order valence-electron chi connectivity index (χ4n) is 3.65. The Bertz CT molecular complexity index is 991. The second-order valence-electron chi connectivity index (χ2n) is 7.74. The van der Waals surface area contributed by atoms with Crippen molar-refractivity contribution in [1.82, 2.24) is 10.2 Å². The molecule has 0 aliphatic heterocycles. The lowest BCUT2D eigenvalue weighted by molar-refractivity contribution is -0.141. The maximum absolute atomic E-state index is 13.4. The molecule has 0 spiro atoms. The van der Waals surface area contributed by atoms with Gasteiger partial charge in [0.1, 0.15) is 11.9 Å². The molecule has 0 unspecified atom stereocenters. The van der Waals surface area contributed by atoms with Gasteiger partial charge in [0.2, 0.25) is 11.8 Å². The summed E-state index contributed by atoms with van der Waals surface area (Å²) in [5, 5.41) is 3.01. The van der Waals surface area contributed by atoms with E-state index in [9.17, 15) is 14.0 Å². The van der Waals surface area contributed by atoms with E-state index in [2.05, 4.69) is 5.32 Å². The number of hydrogen-bond acceptors (Lipinski definition) is 2. The topological polar surface area (TPSA) is 49.4 Å². The first-order chi connectivity index (χ1) is 15.6. The third-order valence-electron chi connectivity index (χ3n) is 5.28. The van der Waals surface area contributed by atoms with Gasteiger partial charge in [0, 0.05) is 19.5 Å². The summed E-state index contributed by atoms with van der Waals surface area (Å²) in [4.78, 5) is 28.1. The Labute approximate surface area is 189 Å². The van der Waals surface area contributed by atoms with Crippen molar-refractivity contribution in [1.29, 1.82) is 0 Å². The molecule has 2 amide bonds. The average Bonchev–Trinajstić information content (AvgIpc) is 2.81. The third-order valence-corrected chi connectivity index (χ3v) is 5.28. The summed E-state index contributed by atoms with van der Waals surface area (Å²) in [6.07, 6.45) is 1.71. The summed E-state index contributed by atoms with van der Waals surface area (Å²) >= 11 is 0. The van der Waals surface area contributed by atoms with Crippen LogP contribution in [0.2, 0.25) is 0 Å². The molecule has 32 heavy (non-hydrogen) atoms. The molecule has 0 bridgehead atoms. The van der Waals surface area contributed by atoms with Crippen LogP contribution in [0.4, 0.5) is 4.39 Å². The number of benzene rings is 3. The number of hydrogen-bond donors (Lipinski definition) is 1. The molecule has 166 valence electrons. The summed E-state index contributed by atoms with van der Waals surface area (Å²) in [5.74, 6) is -0.666. The van der Waals surface area contributed by atoms with E-state index in [1.807, 2.05) is 67.6 Å². The Kier molecular flexibility index (Phi) is 8.55. The number of carbonyl (C=O) groups is 2. The van der Waals surface area contributed by atoms with Crippen LogP contribution in [0.15, 0.2) is 84.9 Å². The molecule has 1 N–H and O–H groups in total. The van der Waals surface area contributed by atoms with E-state index in [4.69, 9.17) is 0 Å². The molecule has 0 aromatic heterocycles. The van der Waals surface area contributed by atoms with Crippen LogP contribution in [0.3, 0.4) is 0 Å². The molecular weight excluding hydrogens is 403 g/mol. The van der Waals surface area contributed by atoms with Gasteiger partial charge in [-0.2, -0.15) is 0 Å². The quantitative estimate of drug-likeness (QED) is 0.487. The number of carbonyl (C=O) groups excluding carboxylic acids is 2. The van der Waals surface area contributed by atoms with E-state index in [1.165, 1.54) is 12.1 Å². The van der Waals surface area contributed by atoms with Crippen LogP contribution >= 0.6 is 0 Å². The second-order valence-corrected chi connectivity index (χ2v) is 7.74. The van der Waals surface area contributed by atoms with Crippen molar-refractivity contribution in [3.05, 3.63) is 107 Å². The van der Waals surface area contributed by atoms with Crippen LogP contribution in [-0.4, -0.2) is 23.3 Å². The summed E-state index contributed by atoms with van der Waals surface area (Å²) in [6.45, 7) is 2.63. The summed E-state index contributed by atoms with van der Waals surface area (Å²) in [7, 11) is 0. The van der Waals surface area contributed by atoms with E-state index < -0.39 is 6.04 Å². The smallest absolute Gasteiger partial charge is 0.247 e. The van der Waals surface area contributed by atoms with Crippen LogP contribution in [0, 0.1) is 5.82 Å². The Hall–Kier alpha value is -3.47. The predicted molar refractivity (Wildman–Crippen MR) is 124 cm³/mol. The van der Waals surface area contributed by atoms with E-state index in [-0.39, 0.29) is 24.2 Å². The van der Waals surface area contributed by atoms with E-state index in [0.717, 1.165) is 16.7 Å². The van der Waals surface area contributed by atoms with Crippen molar-refractivity contribution in [3.63, 3.8) is 0 Å². The van der Waals surface area contributed by atoms with Gasteiger partial charge in [-0.25, -0.2) is 4.39 Å². The van der Waals surface area contributed by atoms with Crippen LogP contribution in [0.25, 0.3) is 0 Å². The molecule has 4 nitrogen and oxygen atoms in total. The third kappa shape index (κ3) is 6.51. The summed E-state index contributed by atoms with van der Waals surface area (Å²) in [6, 6.07) is 24.5. The van der Waals surface area contributed by atoms with Crippen molar-refractivity contribution in [3.8, 4) is 0 Å². The van der Waals surface area contributed by atoms with Crippen molar-refractivity contribution >= 4 is 11.8 Å². The van der Waals surface area contributed by atoms with Gasteiger partial charge < -0.3 is 10.2 Å². The largest absolute Gasteiger partial charge is 0.354 e. The molecule has 0 aliphatic carbocycles. The van der Waals surface area contributed by atoms with Gasteiger partial charge in [0.05, 0.1) is 0 Å². The predicted octanol–water partition coefficient (Wildman–Crippen LogP) is 5.05. The molecule has 0 heterocycles. The van der Waals surface area contributed by atoms with Gasteiger partial charge in [0.15, 0.2) is 0 Å². The highest BCUT2D eigenvalue weighted by Gasteiger charge is 2.30. The Morgan fingerprint density at radius 3 is 2.12 bits per heavy atom. The molecule has 0 fully saturated rings. The van der Waals surface area contributed by atoms with Crippen molar-refractivity contribution in [2.75, 3.05) is 6.54 Å². The summed E-state index contributed by atoms with van der Waals surface area (Å²) < 4.78 is 13.4. The van der Waals surface area contributed by atoms with E-state index in [0.29, 0.717) is 25.8 Å². The summed E-state index contributed by atoms with van der Waals surface area (Å²) in [5.41, 5.74) is 2.65.